The maximum atomic E-state index is 13.2. The molecule has 0 aliphatic rings. The monoisotopic (exact) mass is 494 g/mol. The summed E-state index contributed by atoms with van der Waals surface area (Å²) in [6.45, 7) is 1.20. The number of hydrogen-bond acceptors (Lipinski definition) is 5. The van der Waals surface area contributed by atoms with Gasteiger partial charge in [-0.3, -0.25) is 9.59 Å². The molecule has 0 saturated carbocycles. The second kappa shape index (κ2) is 10.5. The number of fused-ring (bicyclic) bond motifs is 1. The van der Waals surface area contributed by atoms with Crippen LogP contribution in [-0.2, 0) is 26.9 Å². The Morgan fingerprint density at radius 1 is 1.03 bits per heavy atom. The normalized spacial score (nSPS) is 11.7. The summed E-state index contributed by atoms with van der Waals surface area (Å²) in [4.78, 5) is 25.3. The smallest absolute Gasteiger partial charge is 0.416 e. The number of aryl methyl sites for hydroxylation is 1. The summed E-state index contributed by atoms with van der Waals surface area (Å²) in [7, 11) is 0. The SMILES string of the molecule is Cc1ccc2c(CC(=O)OCC(=O)N(/N=C\c3ccccc3)c3cccc(C(F)(F)F)c3)coc2c1. The van der Waals surface area contributed by atoms with Gasteiger partial charge in [0.2, 0.25) is 0 Å². The van der Waals surface area contributed by atoms with Crippen LogP contribution < -0.4 is 5.01 Å². The highest BCUT2D eigenvalue weighted by Crippen LogP contribution is 2.32. The summed E-state index contributed by atoms with van der Waals surface area (Å²) in [5.74, 6) is -1.51. The zero-order chi connectivity index (χ0) is 25.7. The summed E-state index contributed by atoms with van der Waals surface area (Å²) in [5.41, 5.74) is 1.80. The molecule has 0 aliphatic carbocycles. The van der Waals surface area contributed by atoms with Gasteiger partial charge in [0.1, 0.15) is 5.58 Å². The summed E-state index contributed by atoms with van der Waals surface area (Å²) in [6, 6.07) is 18.5. The number of anilines is 1. The number of carbonyl (C=O) groups is 2. The minimum Gasteiger partial charge on any atom is -0.464 e. The predicted octanol–water partition coefficient (Wildman–Crippen LogP) is 5.91. The molecule has 0 bridgehead atoms. The molecule has 1 heterocycles. The van der Waals surface area contributed by atoms with Crippen molar-refractivity contribution in [3.05, 3.63) is 101 Å². The van der Waals surface area contributed by atoms with Gasteiger partial charge in [-0.1, -0.05) is 48.5 Å². The number of halogens is 3. The number of alkyl halides is 3. The van der Waals surface area contributed by atoms with Crippen LogP contribution in [0.2, 0.25) is 0 Å². The van der Waals surface area contributed by atoms with Crippen molar-refractivity contribution in [2.75, 3.05) is 11.6 Å². The molecular formula is C27H21F3N2O4. The van der Waals surface area contributed by atoms with Crippen LogP contribution >= 0.6 is 0 Å². The number of furan rings is 1. The number of amides is 1. The lowest BCUT2D eigenvalue weighted by atomic mass is 10.1. The van der Waals surface area contributed by atoms with Gasteiger partial charge in [-0.15, -0.1) is 0 Å². The first-order valence-electron chi connectivity index (χ1n) is 10.9. The maximum Gasteiger partial charge on any atom is 0.416 e. The standard InChI is InChI=1S/C27H21F3N2O4/c1-18-10-11-23-20(16-35-24(23)12-18)13-26(34)36-17-25(33)32(31-15-19-6-3-2-4-7-19)22-9-5-8-21(14-22)27(28,29)30/h2-12,14-16H,13,17H2,1H3/b31-15-. The molecule has 0 unspecified atom stereocenters. The number of nitrogens with zero attached hydrogens (tertiary/aromatic N) is 2. The minimum absolute atomic E-state index is 0.116. The van der Waals surface area contributed by atoms with E-state index in [0.717, 1.165) is 28.1 Å². The Hall–Kier alpha value is -4.40. The van der Waals surface area contributed by atoms with E-state index in [1.54, 1.807) is 30.3 Å². The molecule has 0 N–H and O–H groups in total. The number of benzene rings is 3. The van der Waals surface area contributed by atoms with Gasteiger partial charge in [0, 0.05) is 10.9 Å². The van der Waals surface area contributed by atoms with Gasteiger partial charge in [-0.05, 0) is 42.3 Å². The second-order valence-electron chi connectivity index (χ2n) is 8.01. The van der Waals surface area contributed by atoms with Crippen LogP contribution in [0.25, 0.3) is 11.0 Å². The van der Waals surface area contributed by atoms with Crippen LogP contribution in [0.15, 0.2) is 88.6 Å². The summed E-state index contributed by atoms with van der Waals surface area (Å²) in [6.07, 6.45) is -1.96. The first-order chi connectivity index (χ1) is 17.2. The van der Waals surface area contributed by atoms with Crippen LogP contribution in [0.3, 0.4) is 0 Å². The van der Waals surface area contributed by atoms with Crippen LogP contribution in [0.1, 0.15) is 22.3 Å². The van der Waals surface area contributed by atoms with E-state index in [9.17, 15) is 22.8 Å². The third-order valence-corrected chi connectivity index (χ3v) is 5.28. The van der Waals surface area contributed by atoms with Crippen LogP contribution in [-0.4, -0.2) is 24.7 Å². The van der Waals surface area contributed by atoms with Crippen molar-refractivity contribution in [3.63, 3.8) is 0 Å². The number of rotatable bonds is 7. The molecule has 6 nitrogen and oxygen atoms in total. The van der Waals surface area contributed by atoms with Gasteiger partial charge >= 0.3 is 12.1 Å². The molecule has 1 amide bonds. The lowest BCUT2D eigenvalue weighted by Crippen LogP contribution is -2.31. The van der Waals surface area contributed by atoms with E-state index in [0.29, 0.717) is 16.7 Å². The maximum absolute atomic E-state index is 13.2. The summed E-state index contributed by atoms with van der Waals surface area (Å²) >= 11 is 0. The number of carbonyl (C=O) groups excluding carboxylic acids is 2. The molecule has 4 rings (SSSR count). The van der Waals surface area contributed by atoms with E-state index in [2.05, 4.69) is 5.10 Å². The lowest BCUT2D eigenvalue weighted by Gasteiger charge is -2.18. The fourth-order valence-electron chi connectivity index (χ4n) is 3.49. The van der Waals surface area contributed by atoms with Crippen molar-refractivity contribution in [1.82, 2.24) is 0 Å². The van der Waals surface area contributed by atoms with E-state index in [4.69, 9.17) is 9.15 Å². The molecule has 3 aromatic carbocycles. The predicted molar refractivity (Wildman–Crippen MR) is 129 cm³/mol. The minimum atomic E-state index is -4.60. The second-order valence-corrected chi connectivity index (χ2v) is 8.01. The molecule has 184 valence electrons. The first-order valence-corrected chi connectivity index (χ1v) is 10.9. The fraction of sp³-hybridized carbons (Fsp3) is 0.148. The third-order valence-electron chi connectivity index (χ3n) is 5.28. The number of hydrazone groups is 1. The Morgan fingerprint density at radius 2 is 1.81 bits per heavy atom. The molecule has 0 saturated heterocycles. The van der Waals surface area contributed by atoms with Crippen molar-refractivity contribution in [2.24, 2.45) is 5.10 Å². The first kappa shape index (κ1) is 24.7. The molecule has 0 atom stereocenters. The van der Waals surface area contributed by atoms with E-state index < -0.39 is 30.2 Å². The molecule has 0 spiro atoms. The van der Waals surface area contributed by atoms with Crippen molar-refractivity contribution in [2.45, 2.75) is 19.5 Å². The highest BCUT2D eigenvalue weighted by Gasteiger charge is 2.31. The Bertz CT molecular complexity index is 1410. The third kappa shape index (κ3) is 5.99. The Balaban J connectivity index is 1.50. The Morgan fingerprint density at radius 3 is 2.56 bits per heavy atom. The highest BCUT2D eigenvalue weighted by molar-refractivity contribution is 5.97. The van der Waals surface area contributed by atoms with Crippen molar-refractivity contribution < 1.29 is 31.9 Å². The Kier molecular flexibility index (Phi) is 7.19. The molecule has 0 fully saturated rings. The quantitative estimate of drug-likeness (QED) is 0.182. The van der Waals surface area contributed by atoms with Crippen molar-refractivity contribution >= 4 is 34.7 Å². The van der Waals surface area contributed by atoms with Gasteiger partial charge in [0.15, 0.2) is 6.61 Å². The van der Waals surface area contributed by atoms with Crippen molar-refractivity contribution in [1.29, 1.82) is 0 Å². The van der Waals surface area contributed by atoms with Crippen molar-refractivity contribution in [3.8, 4) is 0 Å². The molecule has 36 heavy (non-hydrogen) atoms. The van der Waals surface area contributed by atoms with E-state index >= 15 is 0 Å². The van der Waals surface area contributed by atoms with E-state index in [1.165, 1.54) is 24.6 Å². The van der Waals surface area contributed by atoms with Crippen LogP contribution in [0, 0.1) is 6.92 Å². The molecule has 9 heteroatoms. The number of ether oxygens (including phenoxy) is 1. The topological polar surface area (TPSA) is 72.1 Å². The van der Waals surface area contributed by atoms with E-state index in [-0.39, 0.29) is 12.1 Å². The average Bonchev–Trinajstić information content (AvgIpc) is 3.24. The molecular weight excluding hydrogens is 473 g/mol. The van der Waals surface area contributed by atoms with Gasteiger partial charge in [-0.25, -0.2) is 0 Å². The highest BCUT2D eigenvalue weighted by atomic mass is 19.4. The van der Waals surface area contributed by atoms with Gasteiger partial charge < -0.3 is 9.15 Å². The number of hydrogen-bond donors (Lipinski definition) is 0. The Labute approximate surface area is 204 Å². The number of esters is 1. The summed E-state index contributed by atoms with van der Waals surface area (Å²) < 4.78 is 50.3. The molecule has 4 aromatic rings. The fourth-order valence-corrected chi connectivity index (χ4v) is 3.49. The van der Waals surface area contributed by atoms with Gasteiger partial charge in [0.05, 0.1) is 30.1 Å². The van der Waals surface area contributed by atoms with Crippen LogP contribution in [0.4, 0.5) is 18.9 Å². The average molecular weight is 494 g/mol. The molecule has 0 radical (unpaired) electrons. The largest absolute Gasteiger partial charge is 0.464 e. The zero-order valence-electron chi connectivity index (χ0n) is 19.2. The molecule has 0 aliphatic heterocycles. The zero-order valence-corrected chi connectivity index (χ0v) is 19.2. The van der Waals surface area contributed by atoms with E-state index in [1.807, 2.05) is 25.1 Å². The van der Waals surface area contributed by atoms with Gasteiger partial charge in [0.25, 0.3) is 5.91 Å². The summed E-state index contributed by atoms with van der Waals surface area (Å²) in [5, 5.41) is 5.61. The molecule has 1 aromatic heterocycles. The van der Waals surface area contributed by atoms with Gasteiger partial charge in [-0.2, -0.15) is 23.3 Å². The lowest BCUT2D eigenvalue weighted by molar-refractivity contribution is -0.147. The van der Waals surface area contributed by atoms with Crippen LogP contribution in [0.5, 0.6) is 0 Å².